The van der Waals surface area contributed by atoms with Gasteiger partial charge in [-0.2, -0.15) is 0 Å². The van der Waals surface area contributed by atoms with Crippen LogP contribution in [0.4, 0.5) is 0 Å². The minimum Gasteiger partial charge on any atom is -0.477 e. The van der Waals surface area contributed by atoms with Crippen molar-refractivity contribution in [2.45, 2.75) is 125 Å². The maximum absolute atomic E-state index is 12.7. The Morgan fingerprint density at radius 2 is 1.07 bits per heavy atom. The van der Waals surface area contributed by atoms with Crippen LogP contribution in [0.15, 0.2) is 72.8 Å². The molecule has 0 aliphatic carbocycles. The number of nitrogens with zero attached hydrogens (tertiary/aromatic N) is 2. The number of aromatic nitrogens is 4. The molecule has 0 atom stereocenters. The topological polar surface area (TPSA) is 150 Å². The lowest BCUT2D eigenvalue weighted by Crippen LogP contribution is -2.46. The van der Waals surface area contributed by atoms with Gasteiger partial charge in [0.05, 0.1) is 25.5 Å². The van der Waals surface area contributed by atoms with E-state index in [0.717, 1.165) is 36.2 Å². The largest absolute Gasteiger partial charge is 0.477 e. The zero-order valence-electron chi connectivity index (χ0n) is 32.9. The first-order valence-corrected chi connectivity index (χ1v) is 28.4. The van der Waals surface area contributed by atoms with Crippen LogP contribution in [0.25, 0.3) is 41.8 Å². The SMILES string of the molecule is NC1CC[Si]2(CCCCC2)CC1.O=C(NC1CC[Si]2(CCCCC2)CC1)c1cc2sc(-c3ccccc3)nc2[nH]1.O=C(O)c1cc2sc(-c3ccccc3)nc2[nH]1. The Morgan fingerprint density at radius 3 is 1.53 bits per heavy atom. The Hall–Kier alpha value is -3.89. The Bertz CT molecular complexity index is 2170. The van der Waals surface area contributed by atoms with Crippen molar-refractivity contribution in [3.8, 4) is 21.1 Å². The van der Waals surface area contributed by atoms with Crippen LogP contribution in [0.5, 0.6) is 0 Å². The molecule has 0 bridgehead atoms. The molecule has 1 amide bonds. The van der Waals surface area contributed by atoms with Gasteiger partial charge in [-0.3, -0.25) is 4.79 Å². The van der Waals surface area contributed by atoms with Crippen molar-refractivity contribution in [3.05, 3.63) is 84.2 Å². The highest BCUT2D eigenvalue weighted by atomic mass is 32.1. The summed E-state index contributed by atoms with van der Waals surface area (Å²) in [5, 5.41) is 14.0. The van der Waals surface area contributed by atoms with Crippen LogP contribution in [-0.2, 0) is 0 Å². The van der Waals surface area contributed by atoms with Crippen molar-refractivity contribution in [3.63, 3.8) is 0 Å². The van der Waals surface area contributed by atoms with Crippen LogP contribution in [0.3, 0.4) is 0 Å². The molecule has 2 aromatic carbocycles. The van der Waals surface area contributed by atoms with Gasteiger partial charge in [0.15, 0.2) is 0 Å². The first-order chi connectivity index (χ1) is 27.8. The highest BCUT2D eigenvalue weighted by molar-refractivity contribution is 7.22. The standard InChI is InChI=1S/C22H27N3OSSi.C12H8N2O2S.C10H21NSi/c26-21(23-17-9-13-28(14-10-17)11-5-2-6-12-28)18-15-19-20(24-18)25-22(27-19)16-7-3-1-4-8-16;15-12(16)8-6-9-10(13-8)14-11(17-9)7-4-2-1-3-5-7;11-10-4-8-12(9-5-10)6-2-1-3-7-12/h1,3-4,7-8,15,17,24H,2,5-6,9-14H2,(H,23,26);1-6,13H,(H,15,16);10H,1-9,11H2. The smallest absolute Gasteiger partial charge is 0.352 e. The number of fused-ring (bicyclic) bond motifs is 2. The third-order valence-electron chi connectivity index (χ3n) is 13.2. The summed E-state index contributed by atoms with van der Waals surface area (Å²) in [7, 11) is -1.66. The number of carboxylic acid groups (broad SMARTS) is 1. The fourth-order valence-electron chi connectivity index (χ4n) is 9.77. The van der Waals surface area contributed by atoms with Gasteiger partial charge >= 0.3 is 5.97 Å². The molecule has 4 saturated heterocycles. The first kappa shape index (κ1) is 39.9. The third-order valence-corrected chi connectivity index (χ3v) is 26.3. The molecule has 13 heteroatoms. The van der Waals surface area contributed by atoms with Crippen LogP contribution in [-0.4, -0.2) is 65.2 Å². The van der Waals surface area contributed by atoms with Crippen LogP contribution in [0.1, 0.15) is 85.2 Å². The van der Waals surface area contributed by atoms with E-state index in [-0.39, 0.29) is 11.6 Å². The summed E-state index contributed by atoms with van der Waals surface area (Å²) in [6.45, 7) is 0. The van der Waals surface area contributed by atoms with Gasteiger partial charge in [-0.25, -0.2) is 14.8 Å². The van der Waals surface area contributed by atoms with E-state index in [1.165, 1.54) is 86.9 Å². The molecule has 4 aromatic heterocycles. The molecular formula is C44H56N6O3S2Si2. The van der Waals surface area contributed by atoms with Gasteiger partial charge in [-0.1, -0.05) is 148 Å². The lowest BCUT2D eigenvalue weighted by molar-refractivity contribution is 0.0691. The first-order valence-electron chi connectivity index (χ1n) is 21.2. The Morgan fingerprint density at radius 1 is 0.632 bits per heavy atom. The lowest BCUT2D eigenvalue weighted by atomic mass is 10.1. The zero-order chi connectivity index (χ0) is 39.2. The Labute approximate surface area is 345 Å². The van der Waals surface area contributed by atoms with Crippen molar-refractivity contribution in [1.29, 1.82) is 0 Å². The molecule has 6 aromatic rings. The molecule has 300 valence electrons. The second-order valence-electron chi connectivity index (χ2n) is 17.1. The Balaban J connectivity index is 0.000000133. The van der Waals surface area contributed by atoms with E-state index in [2.05, 4.69) is 37.4 Å². The third kappa shape index (κ3) is 9.71. The predicted octanol–water partition coefficient (Wildman–Crippen LogP) is 11.5. The molecule has 9 nitrogen and oxygen atoms in total. The van der Waals surface area contributed by atoms with Gasteiger partial charge in [-0.15, -0.1) is 22.7 Å². The van der Waals surface area contributed by atoms with E-state index in [1.54, 1.807) is 54.4 Å². The number of nitrogens with two attached hydrogens (primary N) is 1. The van der Waals surface area contributed by atoms with Crippen LogP contribution in [0, 0.1) is 0 Å². The number of H-pyrrole nitrogens is 2. The molecule has 10 rings (SSSR count). The van der Waals surface area contributed by atoms with Crippen molar-refractivity contribution in [2.24, 2.45) is 5.73 Å². The van der Waals surface area contributed by atoms with Crippen LogP contribution in [0.2, 0.25) is 48.4 Å². The molecule has 2 spiro atoms. The number of aromatic carboxylic acids is 1. The zero-order valence-corrected chi connectivity index (χ0v) is 36.5. The number of aromatic amines is 2. The average Bonchev–Trinajstić information content (AvgIpc) is 4.03. The van der Waals surface area contributed by atoms with E-state index in [0.29, 0.717) is 23.4 Å². The second kappa shape index (κ2) is 17.9. The molecule has 4 aliphatic heterocycles. The summed E-state index contributed by atoms with van der Waals surface area (Å²) in [6, 6.07) is 36.8. The molecule has 8 heterocycles. The second-order valence-corrected chi connectivity index (χ2v) is 29.1. The van der Waals surface area contributed by atoms with Crippen LogP contribution < -0.4 is 11.1 Å². The van der Waals surface area contributed by atoms with Crippen molar-refractivity contribution in [2.75, 3.05) is 0 Å². The molecular weight excluding hydrogens is 781 g/mol. The number of carbonyl (C=O) groups is 2. The average molecular weight is 837 g/mol. The number of rotatable bonds is 5. The normalized spacial score (nSPS) is 20.4. The van der Waals surface area contributed by atoms with Crippen molar-refractivity contribution in [1.82, 2.24) is 25.3 Å². The number of amides is 1. The monoisotopic (exact) mass is 836 g/mol. The molecule has 57 heavy (non-hydrogen) atoms. The fourth-order valence-corrected chi connectivity index (χ4v) is 22.6. The summed E-state index contributed by atoms with van der Waals surface area (Å²) in [5.74, 6) is -0.936. The predicted molar refractivity (Wildman–Crippen MR) is 241 cm³/mol. The number of nitrogens with one attached hydrogen (secondary N) is 3. The summed E-state index contributed by atoms with van der Waals surface area (Å²) in [6.07, 6.45) is 14.0. The molecule has 0 unspecified atom stereocenters. The van der Waals surface area contributed by atoms with E-state index < -0.39 is 22.1 Å². The van der Waals surface area contributed by atoms with Gasteiger partial charge in [0.25, 0.3) is 5.91 Å². The maximum atomic E-state index is 12.7. The molecule has 0 radical (unpaired) electrons. The maximum Gasteiger partial charge on any atom is 0.352 e. The number of thiazole rings is 2. The van der Waals surface area contributed by atoms with E-state index in [4.69, 9.17) is 10.8 Å². The van der Waals surface area contributed by atoms with Gasteiger partial charge in [-0.05, 0) is 37.8 Å². The quantitative estimate of drug-likeness (QED) is 0.109. The summed E-state index contributed by atoms with van der Waals surface area (Å²) in [5.41, 5.74) is 10.4. The van der Waals surface area contributed by atoms with Crippen LogP contribution >= 0.6 is 22.7 Å². The molecule has 4 aliphatic rings. The highest BCUT2D eigenvalue weighted by Crippen LogP contribution is 2.42. The minimum absolute atomic E-state index is 0.0257. The molecule has 4 fully saturated rings. The molecule has 0 saturated carbocycles. The Kier molecular flexibility index (Phi) is 12.6. The van der Waals surface area contributed by atoms with E-state index in [1.807, 2.05) is 54.6 Å². The lowest BCUT2D eigenvalue weighted by Gasteiger charge is -2.41. The summed E-state index contributed by atoms with van der Waals surface area (Å²) < 4.78 is 1.91. The van der Waals surface area contributed by atoms with Gasteiger partial charge in [0.2, 0.25) is 0 Å². The van der Waals surface area contributed by atoms with Crippen molar-refractivity contribution >= 4 is 71.4 Å². The number of carboxylic acids is 1. The van der Waals surface area contributed by atoms with E-state index in [9.17, 15) is 9.59 Å². The molecule has 6 N–H and O–H groups in total. The summed E-state index contributed by atoms with van der Waals surface area (Å²) in [4.78, 5) is 38.6. The van der Waals surface area contributed by atoms with Gasteiger partial charge < -0.3 is 26.1 Å². The minimum atomic E-state index is -0.964. The highest BCUT2D eigenvalue weighted by Gasteiger charge is 2.39. The number of benzene rings is 2. The number of hydrogen-bond acceptors (Lipinski definition) is 7. The summed E-state index contributed by atoms with van der Waals surface area (Å²) >= 11 is 3.12. The van der Waals surface area contributed by atoms with Gasteiger partial charge in [0, 0.05) is 23.2 Å². The number of hydrogen-bond donors (Lipinski definition) is 5. The van der Waals surface area contributed by atoms with Gasteiger partial charge in [0.1, 0.15) is 32.7 Å². The van der Waals surface area contributed by atoms with Crippen molar-refractivity contribution < 1.29 is 14.7 Å². The fraction of sp³-hybridized carbons (Fsp3) is 0.455. The number of carbonyl (C=O) groups excluding carboxylic acids is 1. The van der Waals surface area contributed by atoms with E-state index >= 15 is 0 Å².